The highest BCUT2D eigenvalue weighted by atomic mass is 35.5. The molecule has 2 aliphatic rings. The van der Waals surface area contributed by atoms with E-state index in [0.29, 0.717) is 42.4 Å². The first-order valence-electron chi connectivity index (χ1n) is 15.1. The highest BCUT2D eigenvalue weighted by Crippen LogP contribution is 2.45. The average Bonchev–Trinajstić information content (AvgIpc) is 2.99. The van der Waals surface area contributed by atoms with E-state index < -0.39 is 11.7 Å². The van der Waals surface area contributed by atoms with Crippen LogP contribution < -0.4 is 10.6 Å². The smallest absolute Gasteiger partial charge is 0.404 e. The topological polar surface area (TPSA) is 115 Å². The molecule has 1 saturated heterocycles. The van der Waals surface area contributed by atoms with Crippen LogP contribution >= 0.6 is 11.6 Å². The predicted molar refractivity (Wildman–Crippen MR) is 162 cm³/mol. The number of nitrogens with one attached hydrogen (secondary N) is 2. The molecule has 0 radical (unpaired) electrons. The van der Waals surface area contributed by atoms with Gasteiger partial charge in [-0.05, 0) is 88.4 Å². The third-order valence-corrected chi connectivity index (χ3v) is 9.38. The molecule has 4 rings (SSSR count). The number of carbonyl (C=O) groups is 2. The summed E-state index contributed by atoms with van der Waals surface area (Å²) in [5, 5.41) is 27.9. The lowest BCUT2D eigenvalue weighted by molar-refractivity contribution is -0.142. The number of pyridine rings is 1. The standard InChI is InChI=1S/C32H45ClN4O4/c1-3-22-7-4-8-25(17-22)29-27(19-35-20-28(29)33)32(41,14-6-15-36-31(39)40)26-9-5-16-37(21-26)30(38)24-12-10-23(11-13-24)18-34-2/h4,7-8,17,19-20,23-24,26,34,36,41H,3,5-6,9-16,18,21H2,1-2H3,(H,39,40)/t23-,24-,26?,32?. The van der Waals surface area contributed by atoms with E-state index in [-0.39, 0.29) is 24.3 Å². The molecule has 2 unspecified atom stereocenters. The van der Waals surface area contributed by atoms with Gasteiger partial charge in [-0.2, -0.15) is 0 Å². The van der Waals surface area contributed by atoms with Gasteiger partial charge in [-0.25, -0.2) is 4.79 Å². The van der Waals surface area contributed by atoms with Gasteiger partial charge in [-0.15, -0.1) is 0 Å². The summed E-state index contributed by atoms with van der Waals surface area (Å²) in [7, 11) is 1.98. The van der Waals surface area contributed by atoms with E-state index in [1.165, 1.54) is 0 Å². The highest BCUT2D eigenvalue weighted by Gasteiger charge is 2.44. The molecule has 1 aromatic heterocycles. The largest absolute Gasteiger partial charge is 0.465 e. The molecule has 4 N–H and O–H groups in total. The van der Waals surface area contributed by atoms with Gasteiger partial charge in [0.1, 0.15) is 0 Å². The average molecular weight is 585 g/mol. The maximum absolute atomic E-state index is 13.7. The zero-order valence-corrected chi connectivity index (χ0v) is 25.1. The maximum Gasteiger partial charge on any atom is 0.404 e. The Morgan fingerprint density at radius 2 is 1.95 bits per heavy atom. The van der Waals surface area contributed by atoms with Gasteiger partial charge in [-0.1, -0.05) is 42.8 Å². The van der Waals surface area contributed by atoms with E-state index >= 15 is 0 Å². The van der Waals surface area contributed by atoms with E-state index in [1.54, 1.807) is 12.4 Å². The molecule has 8 nitrogen and oxygen atoms in total. The number of hydrogen-bond acceptors (Lipinski definition) is 5. The van der Waals surface area contributed by atoms with Crippen molar-refractivity contribution < 1.29 is 19.8 Å². The lowest BCUT2D eigenvalue weighted by Gasteiger charge is -2.44. The van der Waals surface area contributed by atoms with Crippen LogP contribution in [0.1, 0.15) is 69.4 Å². The number of hydrogen-bond donors (Lipinski definition) is 4. The van der Waals surface area contributed by atoms with Gasteiger partial charge >= 0.3 is 6.09 Å². The van der Waals surface area contributed by atoms with Crippen molar-refractivity contribution in [3.05, 3.63) is 52.8 Å². The van der Waals surface area contributed by atoms with E-state index in [9.17, 15) is 14.7 Å². The van der Waals surface area contributed by atoms with Gasteiger partial charge in [0.2, 0.25) is 5.91 Å². The maximum atomic E-state index is 13.7. The van der Waals surface area contributed by atoms with Crippen molar-refractivity contribution in [2.24, 2.45) is 17.8 Å². The van der Waals surface area contributed by atoms with Gasteiger partial charge in [0.15, 0.2) is 0 Å². The molecule has 2 atom stereocenters. The Kier molecular flexibility index (Phi) is 11.0. The van der Waals surface area contributed by atoms with Crippen molar-refractivity contribution in [3.63, 3.8) is 0 Å². The second kappa shape index (κ2) is 14.5. The number of nitrogens with zero attached hydrogens (tertiary/aromatic N) is 2. The Morgan fingerprint density at radius 3 is 2.66 bits per heavy atom. The minimum atomic E-state index is -1.35. The van der Waals surface area contributed by atoms with Crippen molar-refractivity contribution in [2.45, 2.75) is 70.3 Å². The monoisotopic (exact) mass is 584 g/mol. The molecule has 2 fully saturated rings. The molecule has 2 heterocycles. The molecule has 2 amide bonds. The van der Waals surface area contributed by atoms with Crippen LogP contribution in [0, 0.1) is 17.8 Å². The van der Waals surface area contributed by atoms with E-state index in [1.807, 2.05) is 24.1 Å². The zero-order valence-electron chi connectivity index (χ0n) is 24.4. The first-order valence-corrected chi connectivity index (χ1v) is 15.5. The molecule has 224 valence electrons. The zero-order chi connectivity index (χ0) is 29.4. The lowest BCUT2D eigenvalue weighted by Crippen LogP contribution is -2.50. The molecule has 0 spiro atoms. The van der Waals surface area contributed by atoms with Crippen molar-refractivity contribution in [1.82, 2.24) is 20.5 Å². The number of carboxylic acid groups (broad SMARTS) is 1. The number of benzene rings is 1. The SMILES string of the molecule is CCc1cccc(-c2c(Cl)cncc2C(O)(CCCNC(=O)O)C2CCCN(C(=O)[C@H]3CC[C@H](CNC)CC3)C2)c1. The van der Waals surface area contributed by atoms with Gasteiger partial charge < -0.3 is 25.7 Å². The fraction of sp³-hybridized carbons (Fsp3) is 0.594. The first-order chi connectivity index (χ1) is 19.8. The molecular formula is C32H45ClN4O4. The highest BCUT2D eigenvalue weighted by molar-refractivity contribution is 6.33. The van der Waals surface area contributed by atoms with Gasteiger partial charge in [0.25, 0.3) is 0 Å². The molecular weight excluding hydrogens is 540 g/mol. The van der Waals surface area contributed by atoms with Crippen molar-refractivity contribution >= 4 is 23.6 Å². The normalized spacial score (nSPS) is 22.6. The summed E-state index contributed by atoms with van der Waals surface area (Å²) in [5.74, 6) is 0.629. The third-order valence-electron chi connectivity index (χ3n) is 9.10. The number of aromatic nitrogens is 1. The predicted octanol–water partition coefficient (Wildman–Crippen LogP) is 5.46. The first kappa shape index (κ1) is 31.3. The van der Waals surface area contributed by atoms with E-state index in [2.05, 4.69) is 34.7 Å². The van der Waals surface area contributed by atoms with Crippen molar-refractivity contribution in [2.75, 3.05) is 33.2 Å². The summed E-state index contributed by atoms with van der Waals surface area (Å²) in [4.78, 5) is 31.2. The number of rotatable bonds is 11. The summed E-state index contributed by atoms with van der Waals surface area (Å²) in [6.07, 6.45) is 9.33. The van der Waals surface area contributed by atoms with Crippen molar-refractivity contribution in [3.8, 4) is 11.1 Å². The molecule has 2 aromatic rings. The molecule has 0 bridgehead atoms. The number of likely N-dealkylation sites (tertiary alicyclic amines) is 1. The second-order valence-electron chi connectivity index (χ2n) is 11.8. The van der Waals surface area contributed by atoms with Gasteiger partial charge in [0.05, 0.1) is 10.6 Å². The second-order valence-corrected chi connectivity index (χ2v) is 12.2. The summed E-state index contributed by atoms with van der Waals surface area (Å²) >= 11 is 6.79. The Bertz CT molecular complexity index is 1190. The minimum absolute atomic E-state index is 0.0369. The Labute approximate surface area is 248 Å². The van der Waals surface area contributed by atoms with Crippen LogP contribution in [0.25, 0.3) is 11.1 Å². The van der Waals surface area contributed by atoms with Crippen LogP contribution in [-0.2, 0) is 16.8 Å². The number of aryl methyl sites for hydroxylation is 1. The fourth-order valence-corrected chi connectivity index (χ4v) is 7.11. The number of amides is 2. The molecule has 1 saturated carbocycles. The molecule has 41 heavy (non-hydrogen) atoms. The van der Waals surface area contributed by atoms with E-state index in [0.717, 1.165) is 68.2 Å². The summed E-state index contributed by atoms with van der Waals surface area (Å²) in [6, 6.07) is 8.16. The van der Waals surface area contributed by atoms with E-state index in [4.69, 9.17) is 16.7 Å². The van der Waals surface area contributed by atoms with Crippen LogP contribution in [0.2, 0.25) is 5.02 Å². The van der Waals surface area contributed by atoms with Gasteiger partial charge in [0, 0.05) is 55.0 Å². The quantitative estimate of drug-likeness (QED) is 0.261. The van der Waals surface area contributed by atoms with Gasteiger partial charge in [-0.3, -0.25) is 9.78 Å². The molecule has 1 aliphatic heterocycles. The van der Waals surface area contributed by atoms with Crippen LogP contribution in [0.3, 0.4) is 0 Å². The fourth-order valence-electron chi connectivity index (χ4n) is 6.84. The third kappa shape index (κ3) is 7.59. The number of halogens is 1. The molecule has 1 aromatic carbocycles. The summed E-state index contributed by atoms with van der Waals surface area (Å²) in [5.41, 5.74) is 2.11. The summed E-state index contributed by atoms with van der Waals surface area (Å²) in [6.45, 7) is 4.46. The Morgan fingerprint density at radius 1 is 1.17 bits per heavy atom. The lowest BCUT2D eigenvalue weighted by atomic mass is 9.72. The van der Waals surface area contributed by atoms with Crippen molar-refractivity contribution in [1.29, 1.82) is 0 Å². The number of piperidine rings is 1. The van der Waals surface area contributed by atoms with Crippen LogP contribution in [0.15, 0.2) is 36.7 Å². The van der Waals surface area contributed by atoms with Crippen LogP contribution in [0.5, 0.6) is 0 Å². The van der Waals surface area contributed by atoms with Crippen LogP contribution in [0.4, 0.5) is 4.79 Å². The summed E-state index contributed by atoms with van der Waals surface area (Å²) < 4.78 is 0. The molecule has 9 heteroatoms. The number of carbonyl (C=O) groups excluding carboxylic acids is 1. The minimum Gasteiger partial charge on any atom is -0.465 e. The number of aliphatic hydroxyl groups is 1. The Balaban J connectivity index is 1.63. The molecule has 1 aliphatic carbocycles. The Hall–Kier alpha value is -2.68. The van der Waals surface area contributed by atoms with Crippen LogP contribution in [-0.4, -0.2) is 65.3 Å².